The predicted molar refractivity (Wildman–Crippen MR) is 59.2 cm³/mol. The van der Waals surface area contributed by atoms with Crippen LogP contribution < -0.4 is 0 Å². The summed E-state index contributed by atoms with van der Waals surface area (Å²) < 4.78 is 18.0. The van der Waals surface area contributed by atoms with Gasteiger partial charge in [-0.1, -0.05) is 12.1 Å². The Kier molecular flexibility index (Phi) is 2.82. The van der Waals surface area contributed by atoms with Crippen LogP contribution in [0.3, 0.4) is 0 Å². The summed E-state index contributed by atoms with van der Waals surface area (Å²) in [6.07, 6.45) is 1.28. The highest BCUT2D eigenvalue weighted by Crippen LogP contribution is 2.33. The highest BCUT2D eigenvalue weighted by molar-refractivity contribution is 5.95. The van der Waals surface area contributed by atoms with Gasteiger partial charge < -0.3 is 14.8 Å². The van der Waals surface area contributed by atoms with Gasteiger partial charge in [-0.25, -0.2) is 9.18 Å². The number of ether oxygens (including phenoxy) is 1. The molecule has 1 aromatic carbocycles. The summed E-state index contributed by atoms with van der Waals surface area (Å²) in [6.45, 7) is 0. The molecule has 0 fully saturated rings. The molecule has 1 aromatic heterocycles. The Morgan fingerprint density at radius 1 is 1.41 bits per heavy atom. The zero-order chi connectivity index (χ0) is 12.4. The maximum absolute atomic E-state index is 13.5. The first-order valence-electron chi connectivity index (χ1n) is 4.88. The Morgan fingerprint density at radius 3 is 2.76 bits per heavy atom. The number of aromatic amines is 1. The van der Waals surface area contributed by atoms with Crippen LogP contribution in [0.15, 0.2) is 30.5 Å². The standard InChI is InChI=1S/C12H10FNO3/c1-17-12(16)8-6-14-10(11(8)15)7-4-2-3-5-9(7)13/h2-6,14-15H,1H3. The first kappa shape index (κ1) is 11.2. The van der Waals surface area contributed by atoms with Crippen molar-refractivity contribution in [3.05, 3.63) is 41.8 Å². The van der Waals surface area contributed by atoms with E-state index in [1.807, 2.05) is 0 Å². The molecule has 2 aromatic rings. The van der Waals surface area contributed by atoms with Gasteiger partial charge in [0.1, 0.15) is 11.4 Å². The number of esters is 1. The Balaban J connectivity index is 2.52. The van der Waals surface area contributed by atoms with Gasteiger partial charge in [0.25, 0.3) is 0 Å². The van der Waals surface area contributed by atoms with Crippen LogP contribution in [-0.4, -0.2) is 23.2 Å². The van der Waals surface area contributed by atoms with Gasteiger partial charge in [0, 0.05) is 11.8 Å². The van der Waals surface area contributed by atoms with Gasteiger partial charge >= 0.3 is 5.97 Å². The van der Waals surface area contributed by atoms with Crippen LogP contribution in [0, 0.1) is 5.82 Å². The highest BCUT2D eigenvalue weighted by Gasteiger charge is 2.19. The van der Waals surface area contributed by atoms with E-state index in [2.05, 4.69) is 9.72 Å². The molecule has 0 spiro atoms. The molecule has 0 amide bonds. The lowest BCUT2D eigenvalue weighted by Crippen LogP contribution is -1.99. The van der Waals surface area contributed by atoms with Gasteiger partial charge in [0.2, 0.25) is 0 Å². The number of benzene rings is 1. The van der Waals surface area contributed by atoms with Crippen molar-refractivity contribution in [1.82, 2.24) is 4.98 Å². The van der Waals surface area contributed by atoms with Crippen molar-refractivity contribution in [2.24, 2.45) is 0 Å². The molecule has 5 heteroatoms. The van der Waals surface area contributed by atoms with Gasteiger partial charge in [-0.2, -0.15) is 0 Å². The third-order valence-corrected chi connectivity index (χ3v) is 2.40. The molecular formula is C12H10FNO3. The third kappa shape index (κ3) is 1.87. The van der Waals surface area contributed by atoms with E-state index >= 15 is 0 Å². The average molecular weight is 235 g/mol. The number of hydrogen-bond donors (Lipinski definition) is 2. The van der Waals surface area contributed by atoms with E-state index in [0.29, 0.717) is 0 Å². The second-order valence-corrected chi connectivity index (χ2v) is 3.40. The molecule has 17 heavy (non-hydrogen) atoms. The second kappa shape index (κ2) is 4.29. The number of nitrogens with one attached hydrogen (secondary N) is 1. The van der Waals surface area contributed by atoms with E-state index in [1.54, 1.807) is 12.1 Å². The quantitative estimate of drug-likeness (QED) is 0.785. The Hall–Kier alpha value is -2.30. The van der Waals surface area contributed by atoms with E-state index in [1.165, 1.54) is 25.4 Å². The molecule has 1 heterocycles. The van der Waals surface area contributed by atoms with Gasteiger partial charge in [-0.05, 0) is 12.1 Å². The van der Waals surface area contributed by atoms with Crippen LogP contribution >= 0.6 is 0 Å². The van der Waals surface area contributed by atoms with E-state index < -0.39 is 11.8 Å². The summed E-state index contributed by atoms with van der Waals surface area (Å²) in [4.78, 5) is 13.9. The van der Waals surface area contributed by atoms with E-state index in [0.717, 1.165) is 0 Å². The van der Waals surface area contributed by atoms with Gasteiger partial charge in [-0.15, -0.1) is 0 Å². The average Bonchev–Trinajstić information content (AvgIpc) is 2.71. The number of aromatic nitrogens is 1. The number of methoxy groups -OCH3 is 1. The molecule has 0 radical (unpaired) electrons. The molecule has 0 bridgehead atoms. The fourth-order valence-electron chi connectivity index (χ4n) is 1.55. The van der Waals surface area contributed by atoms with Crippen LogP contribution in [0.2, 0.25) is 0 Å². The number of rotatable bonds is 2. The molecule has 2 rings (SSSR count). The minimum absolute atomic E-state index is 0.0225. The lowest BCUT2D eigenvalue weighted by molar-refractivity contribution is 0.0598. The largest absolute Gasteiger partial charge is 0.505 e. The SMILES string of the molecule is COC(=O)c1c[nH]c(-c2ccccc2F)c1O. The van der Waals surface area contributed by atoms with Crippen molar-refractivity contribution in [3.8, 4) is 17.0 Å². The van der Waals surface area contributed by atoms with Crippen molar-refractivity contribution in [2.45, 2.75) is 0 Å². The molecule has 0 aliphatic heterocycles. The molecular weight excluding hydrogens is 225 g/mol. The van der Waals surface area contributed by atoms with Gasteiger partial charge in [-0.3, -0.25) is 0 Å². The highest BCUT2D eigenvalue weighted by atomic mass is 19.1. The number of carbonyl (C=O) groups is 1. The summed E-state index contributed by atoms with van der Waals surface area (Å²) >= 11 is 0. The van der Waals surface area contributed by atoms with Gasteiger partial charge in [0.05, 0.1) is 12.8 Å². The van der Waals surface area contributed by atoms with Crippen LogP contribution in [0.4, 0.5) is 4.39 Å². The monoisotopic (exact) mass is 235 g/mol. The zero-order valence-electron chi connectivity index (χ0n) is 9.03. The smallest absolute Gasteiger partial charge is 0.343 e. The zero-order valence-corrected chi connectivity index (χ0v) is 9.03. The maximum Gasteiger partial charge on any atom is 0.343 e. The number of halogens is 1. The van der Waals surface area contributed by atoms with Crippen LogP contribution in [0.1, 0.15) is 10.4 Å². The van der Waals surface area contributed by atoms with Gasteiger partial charge in [0.15, 0.2) is 5.75 Å². The van der Waals surface area contributed by atoms with Crippen LogP contribution in [0.25, 0.3) is 11.3 Å². The van der Waals surface area contributed by atoms with Crippen molar-refractivity contribution in [3.63, 3.8) is 0 Å². The summed E-state index contributed by atoms with van der Waals surface area (Å²) in [5.74, 6) is -1.48. The third-order valence-electron chi connectivity index (χ3n) is 2.40. The lowest BCUT2D eigenvalue weighted by atomic mass is 10.1. The van der Waals surface area contributed by atoms with E-state index in [-0.39, 0.29) is 22.6 Å². The molecule has 0 aliphatic carbocycles. The topological polar surface area (TPSA) is 62.3 Å². The first-order valence-corrected chi connectivity index (χ1v) is 4.88. The minimum atomic E-state index is -0.679. The molecule has 0 saturated carbocycles. The minimum Gasteiger partial charge on any atom is -0.505 e. The van der Waals surface area contributed by atoms with E-state index in [4.69, 9.17) is 0 Å². The normalized spacial score (nSPS) is 10.2. The molecule has 0 atom stereocenters. The van der Waals surface area contributed by atoms with Crippen molar-refractivity contribution >= 4 is 5.97 Å². The van der Waals surface area contributed by atoms with Crippen LogP contribution in [-0.2, 0) is 4.74 Å². The molecule has 2 N–H and O–H groups in total. The van der Waals surface area contributed by atoms with Crippen molar-refractivity contribution in [1.29, 1.82) is 0 Å². The summed E-state index contributed by atoms with van der Waals surface area (Å²) in [6, 6.07) is 5.95. The first-order chi connectivity index (χ1) is 8.15. The Bertz CT molecular complexity index is 563. The summed E-state index contributed by atoms with van der Waals surface area (Å²) in [5.41, 5.74) is 0.328. The Morgan fingerprint density at radius 2 is 2.12 bits per heavy atom. The number of carbonyl (C=O) groups excluding carboxylic acids is 1. The molecule has 88 valence electrons. The van der Waals surface area contributed by atoms with E-state index in [9.17, 15) is 14.3 Å². The molecule has 4 nitrogen and oxygen atoms in total. The second-order valence-electron chi connectivity index (χ2n) is 3.40. The Labute approximate surface area is 96.7 Å². The van der Waals surface area contributed by atoms with Crippen molar-refractivity contribution < 1.29 is 19.0 Å². The lowest BCUT2D eigenvalue weighted by Gasteiger charge is -2.01. The summed E-state index contributed by atoms with van der Waals surface area (Å²) in [7, 11) is 1.21. The predicted octanol–water partition coefficient (Wildman–Crippen LogP) is 2.31. The fourth-order valence-corrected chi connectivity index (χ4v) is 1.55. The molecule has 0 aliphatic rings. The number of aromatic hydroxyl groups is 1. The number of hydrogen-bond acceptors (Lipinski definition) is 3. The molecule has 0 unspecified atom stereocenters. The summed E-state index contributed by atoms with van der Waals surface area (Å²) in [5, 5.41) is 9.81. The van der Waals surface area contributed by atoms with Crippen LogP contribution in [0.5, 0.6) is 5.75 Å². The fraction of sp³-hybridized carbons (Fsp3) is 0.0833. The number of H-pyrrole nitrogens is 1. The molecule has 0 saturated heterocycles. The van der Waals surface area contributed by atoms with Crippen molar-refractivity contribution in [2.75, 3.05) is 7.11 Å². The maximum atomic E-state index is 13.5.